The summed E-state index contributed by atoms with van der Waals surface area (Å²) in [4.78, 5) is 14.1. The maximum Gasteiger partial charge on any atom is 0.412 e. The zero-order valence-electron chi connectivity index (χ0n) is 16.7. The van der Waals surface area contributed by atoms with Gasteiger partial charge in [-0.2, -0.15) is 0 Å². The highest BCUT2D eigenvalue weighted by Gasteiger charge is 2.37. The third-order valence-electron chi connectivity index (χ3n) is 5.83. The molecule has 1 aromatic carbocycles. The number of rotatable bonds is 8. The van der Waals surface area contributed by atoms with Crippen LogP contribution in [0, 0.1) is 0 Å². The lowest BCUT2D eigenvalue weighted by atomic mass is 9.91. The molecule has 0 aromatic heterocycles. The van der Waals surface area contributed by atoms with Crippen molar-refractivity contribution in [2.24, 2.45) is 0 Å². The van der Waals surface area contributed by atoms with Crippen molar-refractivity contribution >= 4 is 11.8 Å². The number of amides is 1. The normalized spacial score (nSPS) is 23.1. The average Bonchev–Trinajstić information content (AvgIpc) is 3.20. The van der Waals surface area contributed by atoms with Crippen molar-refractivity contribution in [3.05, 3.63) is 24.3 Å². The molecule has 1 aromatic rings. The largest absolute Gasteiger partial charge is 0.494 e. The Hall–Kier alpha value is -1.75. The Balaban J connectivity index is 1.50. The molecule has 1 saturated heterocycles. The number of carbonyl (C=O) groups excluding carboxylic acids is 1. The molecule has 0 radical (unpaired) electrons. The molecule has 5 nitrogen and oxygen atoms in total. The molecule has 0 spiro atoms. The van der Waals surface area contributed by atoms with Crippen LogP contribution >= 0.6 is 0 Å². The van der Waals surface area contributed by atoms with Crippen molar-refractivity contribution in [2.75, 3.05) is 25.0 Å². The van der Waals surface area contributed by atoms with E-state index in [-0.39, 0.29) is 12.2 Å². The average molecular weight is 376 g/mol. The van der Waals surface area contributed by atoms with Crippen LogP contribution < -0.4 is 15.0 Å². The predicted octanol–water partition coefficient (Wildman–Crippen LogP) is 3.79. The minimum atomic E-state index is -0.339. The van der Waals surface area contributed by atoms with Gasteiger partial charge in [0.2, 0.25) is 0 Å². The van der Waals surface area contributed by atoms with Crippen LogP contribution in [-0.2, 0) is 4.74 Å². The minimum Gasteiger partial charge on any atom is -0.494 e. The Bertz CT molecular complexity index is 587. The third-order valence-corrected chi connectivity index (χ3v) is 5.83. The molecule has 0 unspecified atom stereocenters. The van der Waals surface area contributed by atoms with Gasteiger partial charge in [-0.25, -0.2) is 4.79 Å². The molecule has 1 aliphatic heterocycles. The van der Waals surface area contributed by atoms with Crippen LogP contribution in [0.2, 0.25) is 0 Å². The SMILES string of the molecule is CCCCCOc1cccc(NC(=O)O[C@@H]2CCCC[C@H]2[NH+]2CCCC2)c1. The first kappa shape index (κ1) is 20.0. The highest BCUT2D eigenvalue weighted by molar-refractivity contribution is 5.85. The minimum absolute atomic E-state index is 0.0420. The second-order valence-electron chi connectivity index (χ2n) is 7.91. The summed E-state index contributed by atoms with van der Waals surface area (Å²) in [5.74, 6) is 0.793. The van der Waals surface area contributed by atoms with E-state index in [0.29, 0.717) is 12.6 Å². The molecule has 0 bridgehead atoms. The smallest absolute Gasteiger partial charge is 0.412 e. The van der Waals surface area contributed by atoms with Crippen LogP contribution in [0.25, 0.3) is 0 Å². The molecule has 2 fully saturated rings. The van der Waals surface area contributed by atoms with Gasteiger partial charge in [-0.3, -0.25) is 5.32 Å². The summed E-state index contributed by atoms with van der Waals surface area (Å²) in [5.41, 5.74) is 0.730. The van der Waals surface area contributed by atoms with Crippen molar-refractivity contribution < 1.29 is 19.2 Å². The van der Waals surface area contributed by atoms with E-state index in [1.165, 1.54) is 51.6 Å². The summed E-state index contributed by atoms with van der Waals surface area (Å²) >= 11 is 0. The van der Waals surface area contributed by atoms with Crippen LogP contribution in [0.15, 0.2) is 24.3 Å². The van der Waals surface area contributed by atoms with Gasteiger partial charge in [0.25, 0.3) is 0 Å². The highest BCUT2D eigenvalue weighted by Crippen LogP contribution is 2.22. The van der Waals surface area contributed by atoms with Crippen molar-refractivity contribution in [1.29, 1.82) is 0 Å². The molecule has 150 valence electrons. The van der Waals surface area contributed by atoms with Crippen LogP contribution in [0.3, 0.4) is 0 Å². The first-order valence-corrected chi connectivity index (χ1v) is 10.8. The van der Waals surface area contributed by atoms with Crippen LogP contribution in [0.1, 0.15) is 64.7 Å². The molecule has 3 rings (SSSR count). The lowest BCUT2D eigenvalue weighted by Gasteiger charge is -2.34. The second kappa shape index (κ2) is 10.5. The van der Waals surface area contributed by atoms with Crippen molar-refractivity contribution in [1.82, 2.24) is 0 Å². The van der Waals surface area contributed by atoms with E-state index in [9.17, 15) is 4.79 Å². The van der Waals surface area contributed by atoms with E-state index in [1.807, 2.05) is 24.3 Å². The number of ether oxygens (including phenoxy) is 2. The Kier molecular flexibility index (Phi) is 7.81. The van der Waals surface area contributed by atoms with Crippen LogP contribution in [0.5, 0.6) is 5.75 Å². The quantitative estimate of drug-likeness (QED) is 0.680. The molecule has 1 saturated carbocycles. The summed E-state index contributed by atoms with van der Waals surface area (Å²) in [6.45, 7) is 5.34. The number of likely N-dealkylation sites (tertiary alicyclic amines) is 1. The highest BCUT2D eigenvalue weighted by atomic mass is 16.6. The molecular weight excluding hydrogens is 340 g/mol. The standard InChI is InChI=1S/C22H34N2O3/c1-2-3-8-16-26-19-11-9-10-18(17-19)23-22(25)27-21-13-5-4-12-20(21)24-14-6-7-15-24/h9-11,17,20-21H,2-8,12-16H2,1H3,(H,23,25)/p+1/t20-,21-/m1/s1. The summed E-state index contributed by atoms with van der Waals surface area (Å²) in [6, 6.07) is 8.06. The van der Waals surface area contributed by atoms with E-state index in [1.54, 1.807) is 4.90 Å². The lowest BCUT2D eigenvalue weighted by molar-refractivity contribution is -0.918. The van der Waals surface area contributed by atoms with E-state index < -0.39 is 0 Å². The van der Waals surface area contributed by atoms with Crippen LogP contribution in [-0.4, -0.2) is 37.9 Å². The molecular formula is C22H35N2O3+. The number of benzene rings is 1. The predicted molar refractivity (Wildman–Crippen MR) is 108 cm³/mol. The van der Waals surface area contributed by atoms with Crippen molar-refractivity contribution in [2.45, 2.75) is 76.9 Å². The Morgan fingerprint density at radius 2 is 1.96 bits per heavy atom. The first-order valence-electron chi connectivity index (χ1n) is 10.8. The van der Waals surface area contributed by atoms with E-state index in [4.69, 9.17) is 9.47 Å². The van der Waals surface area contributed by atoms with Gasteiger partial charge < -0.3 is 14.4 Å². The third kappa shape index (κ3) is 6.13. The topological polar surface area (TPSA) is 52.0 Å². The number of hydrogen-bond donors (Lipinski definition) is 2. The van der Waals surface area contributed by atoms with Gasteiger partial charge in [-0.1, -0.05) is 25.8 Å². The van der Waals surface area contributed by atoms with Gasteiger partial charge in [0.05, 0.1) is 19.7 Å². The molecule has 1 heterocycles. The van der Waals surface area contributed by atoms with Crippen molar-refractivity contribution in [3.63, 3.8) is 0 Å². The van der Waals surface area contributed by atoms with Gasteiger partial charge >= 0.3 is 6.09 Å². The summed E-state index contributed by atoms with van der Waals surface area (Å²) in [6.07, 6.45) is 10.3. The number of unbranched alkanes of at least 4 members (excludes halogenated alkanes) is 2. The first-order chi connectivity index (χ1) is 13.3. The maximum atomic E-state index is 12.5. The van der Waals surface area contributed by atoms with E-state index in [2.05, 4.69) is 12.2 Å². The number of quaternary nitrogens is 1. The van der Waals surface area contributed by atoms with Crippen LogP contribution in [0.4, 0.5) is 10.5 Å². The molecule has 1 amide bonds. The zero-order chi connectivity index (χ0) is 18.9. The molecule has 27 heavy (non-hydrogen) atoms. The Morgan fingerprint density at radius 1 is 1.15 bits per heavy atom. The molecule has 1 aliphatic carbocycles. The molecule has 5 heteroatoms. The molecule has 2 atom stereocenters. The van der Waals surface area contributed by atoms with E-state index >= 15 is 0 Å². The number of hydrogen-bond acceptors (Lipinski definition) is 3. The number of anilines is 1. The van der Waals surface area contributed by atoms with Crippen molar-refractivity contribution in [3.8, 4) is 5.75 Å². The van der Waals surface area contributed by atoms with Gasteiger partial charge in [-0.15, -0.1) is 0 Å². The summed E-state index contributed by atoms with van der Waals surface area (Å²) in [7, 11) is 0. The fourth-order valence-electron chi connectivity index (χ4n) is 4.40. The van der Waals surface area contributed by atoms with E-state index in [0.717, 1.165) is 30.7 Å². The zero-order valence-corrected chi connectivity index (χ0v) is 16.7. The molecule has 2 N–H and O–H groups in total. The van der Waals surface area contributed by atoms with Gasteiger partial charge in [0.1, 0.15) is 11.8 Å². The fourth-order valence-corrected chi connectivity index (χ4v) is 4.40. The Morgan fingerprint density at radius 3 is 2.78 bits per heavy atom. The summed E-state index contributed by atoms with van der Waals surface area (Å²) in [5, 5.41) is 2.89. The van der Waals surface area contributed by atoms with Gasteiger partial charge in [0.15, 0.2) is 6.10 Å². The second-order valence-corrected chi connectivity index (χ2v) is 7.91. The van der Waals surface area contributed by atoms with Gasteiger partial charge in [0, 0.05) is 31.0 Å². The number of nitrogens with one attached hydrogen (secondary N) is 2. The molecule has 2 aliphatic rings. The number of carbonyl (C=O) groups is 1. The maximum absolute atomic E-state index is 12.5. The lowest BCUT2D eigenvalue weighted by Crippen LogP contribution is -3.15. The Labute approximate surface area is 163 Å². The summed E-state index contributed by atoms with van der Waals surface area (Å²) < 4.78 is 11.6. The monoisotopic (exact) mass is 375 g/mol. The fraction of sp³-hybridized carbons (Fsp3) is 0.682. The van der Waals surface area contributed by atoms with Gasteiger partial charge in [-0.05, 0) is 37.8 Å².